The summed E-state index contributed by atoms with van der Waals surface area (Å²) in [5.41, 5.74) is 2.01. The quantitative estimate of drug-likeness (QED) is 0.0915. The number of amides is 2. The molecule has 0 fully saturated rings. The number of phenols is 1. The maximum absolute atomic E-state index is 12.9. The second kappa shape index (κ2) is 13.5. The number of nitrogens with one attached hydrogen (secondary N) is 2. The molecule has 0 radical (unpaired) electrons. The molecule has 222 valence electrons. The molecule has 5 rings (SSSR count). The first kappa shape index (κ1) is 30.4. The van der Waals surface area contributed by atoms with Crippen molar-refractivity contribution in [3.05, 3.63) is 100 Å². The molecule has 10 nitrogen and oxygen atoms in total. The monoisotopic (exact) mass is 654 g/mol. The van der Waals surface area contributed by atoms with Crippen LogP contribution in [-0.2, 0) is 8.53 Å². The molecule has 3 aromatic carbocycles. The van der Waals surface area contributed by atoms with Gasteiger partial charge in [-0.3, -0.25) is 9.59 Å². The summed E-state index contributed by atoms with van der Waals surface area (Å²) in [5, 5.41) is 26.2. The van der Waals surface area contributed by atoms with Crippen LogP contribution in [0.3, 0.4) is 0 Å². The van der Waals surface area contributed by atoms with Gasteiger partial charge in [0.1, 0.15) is 17.1 Å². The van der Waals surface area contributed by atoms with Crippen molar-refractivity contribution < 1.29 is 32.8 Å². The van der Waals surface area contributed by atoms with Crippen LogP contribution in [0.4, 0.5) is 5.69 Å². The first-order valence-electron chi connectivity index (χ1n) is 13.8. The van der Waals surface area contributed by atoms with Crippen molar-refractivity contribution in [2.75, 3.05) is 11.9 Å². The molecule has 4 N–H and O–H groups in total. The van der Waals surface area contributed by atoms with Gasteiger partial charge >= 0.3 is 113 Å². The Labute approximate surface area is 258 Å². The van der Waals surface area contributed by atoms with Gasteiger partial charge in [-0.05, 0) is 42.0 Å². The van der Waals surface area contributed by atoms with Gasteiger partial charge in [-0.2, -0.15) is 0 Å². The van der Waals surface area contributed by atoms with Gasteiger partial charge in [-0.1, -0.05) is 6.07 Å². The number of fused-ring (bicyclic) bond motifs is 2. The third kappa shape index (κ3) is 6.93. The number of hydrogen-bond acceptors (Lipinski definition) is 7. The van der Waals surface area contributed by atoms with Crippen LogP contribution in [0, 0.1) is 0 Å². The second-order valence-corrected chi connectivity index (χ2v) is 11.6. The van der Waals surface area contributed by atoms with Crippen molar-refractivity contribution in [1.82, 2.24) is 5.32 Å². The van der Waals surface area contributed by atoms with Gasteiger partial charge in [0.25, 0.3) is 5.91 Å². The Morgan fingerprint density at radius 1 is 0.841 bits per heavy atom. The summed E-state index contributed by atoms with van der Waals surface area (Å²) in [6, 6.07) is 20.0. The third-order valence-corrected chi connectivity index (χ3v) is 8.15. The van der Waals surface area contributed by atoms with E-state index >= 15 is 0 Å². The van der Waals surface area contributed by atoms with Gasteiger partial charge in [0, 0.05) is 34.2 Å². The van der Waals surface area contributed by atoms with Crippen LogP contribution in [-0.4, -0.2) is 50.2 Å². The number of carboxylic acid groups (broad SMARTS) is 1. The molecule has 0 bridgehead atoms. The predicted octanol–water partition coefficient (Wildman–Crippen LogP) is 4.57. The average molecular weight is 655 g/mol. The van der Waals surface area contributed by atoms with E-state index in [1.54, 1.807) is 42.5 Å². The van der Waals surface area contributed by atoms with Gasteiger partial charge < -0.3 is 14.6 Å². The number of anilines is 1. The van der Waals surface area contributed by atoms with E-state index in [0.29, 0.717) is 60.0 Å². The number of rotatable bonds is 11. The Morgan fingerprint density at radius 3 is 2.36 bits per heavy atom. The standard InChI is InChI=1S/C33H27AsN2O8/c37-22-10-13-25-28(17-22)44-29-18-23(38)11-14-26(29)31(25)24-12-5-19(16-27(24)33(41)42)32(40)35-15-3-1-2-4-30(39)36-21-8-6-20(34-43)7-9-21/h5-14,16-18,37H,1-4,15H2,(H,35,40)(H,36,39)(H,41,42). The number of carbonyl (C=O) groups is 3. The van der Waals surface area contributed by atoms with E-state index in [1.165, 1.54) is 36.4 Å². The minimum atomic E-state index is -1.24. The number of unbranched alkanes of at least 4 members (excludes halogenated alkanes) is 2. The van der Waals surface area contributed by atoms with E-state index in [4.69, 9.17) is 4.42 Å². The van der Waals surface area contributed by atoms with Gasteiger partial charge in [0.15, 0.2) is 5.43 Å². The van der Waals surface area contributed by atoms with E-state index in [-0.39, 0.29) is 39.6 Å². The number of aromatic carboxylic acids is 1. The van der Waals surface area contributed by atoms with E-state index in [0.717, 1.165) is 4.35 Å². The van der Waals surface area contributed by atoms with Crippen molar-refractivity contribution in [1.29, 1.82) is 0 Å². The molecule has 44 heavy (non-hydrogen) atoms. The molecule has 3 aromatic rings. The van der Waals surface area contributed by atoms with Gasteiger partial charge in [-0.25, -0.2) is 4.79 Å². The van der Waals surface area contributed by atoms with Gasteiger partial charge in [-0.15, -0.1) is 0 Å². The maximum atomic E-state index is 12.9. The van der Waals surface area contributed by atoms with Crippen molar-refractivity contribution in [2.24, 2.45) is 0 Å². The summed E-state index contributed by atoms with van der Waals surface area (Å²) < 4.78 is 17.6. The number of benzene rings is 4. The zero-order valence-electron chi connectivity index (χ0n) is 23.3. The molecular formula is C33H27AsN2O8. The zero-order valence-corrected chi connectivity index (χ0v) is 25.2. The van der Waals surface area contributed by atoms with Crippen LogP contribution in [0.1, 0.15) is 46.4 Å². The average Bonchev–Trinajstić information content (AvgIpc) is 3.01. The Kier molecular flexibility index (Phi) is 9.31. The van der Waals surface area contributed by atoms with Crippen molar-refractivity contribution in [2.45, 2.75) is 25.7 Å². The number of aromatic hydroxyl groups is 1. The fraction of sp³-hybridized carbons (Fsp3) is 0.152. The first-order chi connectivity index (χ1) is 21.2. The van der Waals surface area contributed by atoms with Crippen molar-refractivity contribution in [3.8, 4) is 28.2 Å². The number of hydrogen-bond donors (Lipinski definition) is 4. The molecule has 1 aliphatic carbocycles. The van der Waals surface area contributed by atoms with E-state index in [2.05, 4.69) is 10.6 Å². The molecule has 0 aromatic heterocycles. The van der Waals surface area contributed by atoms with Crippen LogP contribution >= 0.6 is 0 Å². The van der Waals surface area contributed by atoms with E-state index in [1.807, 2.05) is 0 Å². The summed E-state index contributed by atoms with van der Waals surface area (Å²) in [7, 11) is 0. The number of phenolic OH excluding ortho intramolecular Hbond substituents is 1. The SMILES string of the molecule is O=[As]c1ccc(NC(=O)CCCCCNC(=O)c2ccc(-c3c4ccc(=O)cc-4oc4cc(O)ccc34)c(C(=O)O)c2)cc1. The molecule has 1 aliphatic heterocycles. The number of carboxylic acids is 1. The fourth-order valence-electron chi connectivity index (χ4n) is 4.95. The molecular weight excluding hydrogens is 627 g/mol. The summed E-state index contributed by atoms with van der Waals surface area (Å²) in [5.74, 6) is -1.62. The normalized spacial score (nSPS) is 11.1. The fourth-order valence-corrected chi connectivity index (χ4v) is 5.52. The molecule has 11 heteroatoms. The Hall–Kier alpha value is -5.08. The van der Waals surface area contributed by atoms with Crippen LogP contribution in [0.15, 0.2) is 88.1 Å². The van der Waals surface area contributed by atoms with Crippen molar-refractivity contribution in [3.63, 3.8) is 0 Å². The first-order valence-corrected chi connectivity index (χ1v) is 15.5. The topological polar surface area (TPSA) is 163 Å². The molecule has 0 unspecified atom stereocenters. The van der Waals surface area contributed by atoms with Gasteiger partial charge in [0.05, 0.1) is 5.56 Å². The van der Waals surface area contributed by atoms with Gasteiger partial charge in [0.2, 0.25) is 0 Å². The zero-order chi connectivity index (χ0) is 31.2. The third-order valence-electron chi connectivity index (χ3n) is 7.08. The molecule has 1 heterocycles. The van der Waals surface area contributed by atoms with Crippen LogP contribution in [0.5, 0.6) is 5.75 Å². The van der Waals surface area contributed by atoms with Crippen LogP contribution in [0.25, 0.3) is 33.4 Å². The van der Waals surface area contributed by atoms with E-state index < -0.39 is 27.6 Å². The predicted molar refractivity (Wildman–Crippen MR) is 165 cm³/mol. The Morgan fingerprint density at radius 2 is 1.61 bits per heavy atom. The molecule has 2 aliphatic rings. The molecule has 0 spiro atoms. The minimum absolute atomic E-state index is 0.0531. The van der Waals surface area contributed by atoms with Crippen molar-refractivity contribution >= 4 is 54.5 Å². The molecule has 0 saturated carbocycles. The summed E-state index contributed by atoms with van der Waals surface area (Å²) in [6.45, 7) is 0.348. The number of carbonyl (C=O) groups excluding carboxylic acids is 2. The second-order valence-electron chi connectivity index (χ2n) is 10.1. The van der Waals surface area contributed by atoms with Crippen LogP contribution < -0.4 is 20.4 Å². The van der Waals surface area contributed by atoms with Crippen LogP contribution in [0.2, 0.25) is 0 Å². The molecule has 2 amide bonds. The molecule has 0 atom stereocenters. The Bertz CT molecular complexity index is 1920. The summed E-state index contributed by atoms with van der Waals surface area (Å²) in [6.07, 6.45) is 2.27. The van der Waals surface area contributed by atoms with E-state index in [9.17, 15) is 33.1 Å². The summed E-state index contributed by atoms with van der Waals surface area (Å²) in [4.78, 5) is 49.5. The molecule has 0 saturated heterocycles. The Balaban J connectivity index is 1.25. The summed E-state index contributed by atoms with van der Waals surface area (Å²) >= 11 is -1.09.